The fraction of sp³-hybridized carbons (Fsp3) is 0.500. The van der Waals surface area contributed by atoms with Crippen LogP contribution in [0.25, 0.3) is 10.4 Å². The van der Waals surface area contributed by atoms with Crippen LogP contribution in [-0.4, -0.2) is 69.9 Å². The molecule has 2 aromatic rings. The third-order valence-corrected chi connectivity index (χ3v) is 6.48. The van der Waals surface area contributed by atoms with Gasteiger partial charge in [0.2, 0.25) is 0 Å². The van der Waals surface area contributed by atoms with E-state index in [-0.39, 0.29) is 12.2 Å². The van der Waals surface area contributed by atoms with Crippen molar-refractivity contribution < 1.29 is 34.7 Å². The summed E-state index contributed by atoms with van der Waals surface area (Å²) in [5, 5.41) is 3.72. The number of H-pyrrole nitrogens is 1. The number of aromatic nitrogens is 2. The van der Waals surface area contributed by atoms with Gasteiger partial charge in [0.1, 0.15) is 37.2 Å². The van der Waals surface area contributed by atoms with E-state index in [1.54, 1.807) is 30.3 Å². The number of benzene rings is 1. The molecule has 202 valence electrons. The smallest absolute Gasteiger partial charge is 0.330 e. The molecule has 1 saturated heterocycles. The summed E-state index contributed by atoms with van der Waals surface area (Å²) in [5.74, 6) is 0. The summed E-state index contributed by atoms with van der Waals surface area (Å²) < 4.78 is 70.3. The van der Waals surface area contributed by atoms with Gasteiger partial charge in [-0.15, -0.1) is 0 Å². The first-order valence-corrected chi connectivity index (χ1v) is 14.3. The molecule has 15 nitrogen and oxygen atoms in total. The highest BCUT2D eigenvalue weighted by Crippen LogP contribution is 2.42. The van der Waals surface area contributed by atoms with Crippen molar-refractivity contribution in [3.63, 3.8) is 0 Å². The van der Waals surface area contributed by atoms with Gasteiger partial charge in [-0.3, -0.25) is 22.7 Å². The minimum absolute atomic E-state index is 0.0991. The summed E-state index contributed by atoms with van der Waals surface area (Å²) in [6.45, 7) is -0.307. The van der Waals surface area contributed by atoms with Crippen LogP contribution in [0.4, 0.5) is 0 Å². The Morgan fingerprint density at radius 1 is 1.11 bits per heavy atom. The minimum atomic E-state index is -4.09. The molecule has 0 unspecified atom stereocenters. The highest BCUT2D eigenvalue weighted by Gasteiger charge is 2.58. The van der Waals surface area contributed by atoms with Crippen molar-refractivity contribution in [2.75, 3.05) is 25.7 Å². The van der Waals surface area contributed by atoms with Gasteiger partial charge in [0, 0.05) is 16.7 Å². The predicted octanol–water partition coefficient (Wildman–Crippen LogP) is 0.329. The lowest BCUT2D eigenvalue weighted by Crippen LogP contribution is -2.52. The van der Waals surface area contributed by atoms with E-state index in [0.29, 0.717) is 5.56 Å². The Labute approximate surface area is 211 Å². The van der Waals surface area contributed by atoms with E-state index < -0.39 is 68.7 Å². The SMILES string of the molecule is Cc1cn([C@H]2OC(COS(C)(=O)=O)(COS(C)(=O)=O)[C@H](OCc3ccccc3)[C@@H]2N=[N+]=[N-])c(=O)[nH]c1=O. The standard InChI is InChI=1S/C20H25N5O10S2/c1-13-9-25(19(27)22-17(13)26)18-15(23-24-21)16(32-10-14-7-5-4-6-8-14)20(35-18,11-33-36(2,28)29)12-34-37(3,30)31/h4-9,15-16,18H,10-12H2,1-3H3,(H,22,26,27)/t15-,16+,18-/m0/s1. The fourth-order valence-corrected chi connectivity index (χ4v) is 4.54. The number of aromatic amines is 1. The molecule has 37 heavy (non-hydrogen) atoms. The molecule has 0 bridgehead atoms. The van der Waals surface area contributed by atoms with Gasteiger partial charge in [-0.05, 0) is 18.0 Å². The Kier molecular flexibility index (Phi) is 8.59. The third kappa shape index (κ3) is 7.26. The molecule has 1 N–H and O–H groups in total. The lowest BCUT2D eigenvalue weighted by atomic mass is 9.95. The normalized spacial score (nSPS) is 21.4. The summed E-state index contributed by atoms with van der Waals surface area (Å²) in [6, 6.07) is 7.36. The Morgan fingerprint density at radius 2 is 1.70 bits per heavy atom. The summed E-state index contributed by atoms with van der Waals surface area (Å²) >= 11 is 0. The zero-order chi connectivity index (χ0) is 27.4. The molecule has 3 atom stereocenters. The maximum absolute atomic E-state index is 12.7. The molecule has 17 heteroatoms. The first-order chi connectivity index (χ1) is 17.2. The van der Waals surface area contributed by atoms with Gasteiger partial charge in [-0.25, -0.2) is 4.79 Å². The first kappa shape index (κ1) is 28.5. The molecular weight excluding hydrogens is 534 g/mol. The highest BCUT2D eigenvalue weighted by atomic mass is 32.2. The van der Waals surface area contributed by atoms with Crippen molar-refractivity contribution >= 4 is 20.2 Å². The second kappa shape index (κ2) is 11.1. The van der Waals surface area contributed by atoms with Gasteiger partial charge in [0.25, 0.3) is 25.8 Å². The average Bonchev–Trinajstić information content (AvgIpc) is 3.11. The van der Waals surface area contributed by atoms with Gasteiger partial charge in [-0.1, -0.05) is 35.4 Å². The molecule has 1 aliphatic rings. The van der Waals surface area contributed by atoms with Crippen LogP contribution in [0, 0.1) is 6.92 Å². The fourth-order valence-electron chi connectivity index (χ4n) is 3.71. The van der Waals surface area contributed by atoms with Crippen LogP contribution in [0.5, 0.6) is 0 Å². The van der Waals surface area contributed by atoms with Crippen LogP contribution >= 0.6 is 0 Å². The van der Waals surface area contributed by atoms with Crippen molar-refractivity contribution in [3.8, 4) is 0 Å². The minimum Gasteiger partial charge on any atom is -0.370 e. The summed E-state index contributed by atoms with van der Waals surface area (Å²) in [7, 11) is -8.17. The Bertz CT molecular complexity index is 1460. The largest absolute Gasteiger partial charge is 0.370 e. The number of azide groups is 1. The second-order valence-electron chi connectivity index (χ2n) is 8.40. The highest BCUT2D eigenvalue weighted by molar-refractivity contribution is 7.86. The van der Waals surface area contributed by atoms with Crippen LogP contribution in [0.15, 0.2) is 51.2 Å². The average molecular weight is 560 g/mol. The van der Waals surface area contributed by atoms with Gasteiger partial charge in [0.05, 0.1) is 19.1 Å². The quantitative estimate of drug-likeness (QED) is 0.172. The van der Waals surface area contributed by atoms with Gasteiger partial charge < -0.3 is 9.47 Å². The van der Waals surface area contributed by atoms with E-state index in [1.165, 1.54) is 6.92 Å². The van der Waals surface area contributed by atoms with Crippen molar-refractivity contribution in [2.45, 2.75) is 37.5 Å². The Balaban J connectivity index is 2.17. The number of hydrogen-bond acceptors (Lipinski definition) is 11. The predicted molar refractivity (Wildman–Crippen MR) is 128 cm³/mol. The molecule has 1 aromatic carbocycles. The Hall–Kier alpha value is -3.05. The number of nitrogens with one attached hydrogen (secondary N) is 1. The van der Waals surface area contributed by atoms with E-state index in [1.807, 2.05) is 0 Å². The summed E-state index contributed by atoms with van der Waals surface area (Å²) in [6.07, 6.45) is -0.150. The van der Waals surface area contributed by atoms with E-state index in [9.17, 15) is 32.0 Å². The first-order valence-electron chi connectivity index (χ1n) is 10.6. The number of nitrogens with zero attached hydrogens (tertiary/aromatic N) is 4. The van der Waals surface area contributed by atoms with Crippen molar-refractivity contribution in [1.82, 2.24) is 9.55 Å². The molecule has 2 heterocycles. The summed E-state index contributed by atoms with van der Waals surface area (Å²) in [4.78, 5) is 29.5. The number of ether oxygens (including phenoxy) is 2. The molecule has 0 saturated carbocycles. The molecule has 3 rings (SSSR count). The summed E-state index contributed by atoms with van der Waals surface area (Å²) in [5.41, 5.74) is 6.49. The maximum Gasteiger partial charge on any atom is 0.330 e. The number of rotatable bonds is 11. The third-order valence-electron chi connectivity index (χ3n) is 5.39. The lowest BCUT2D eigenvalue weighted by molar-refractivity contribution is -0.154. The van der Waals surface area contributed by atoms with E-state index in [2.05, 4.69) is 15.0 Å². The topological polar surface area (TPSA) is 209 Å². The van der Waals surface area contributed by atoms with Crippen LogP contribution < -0.4 is 11.2 Å². The van der Waals surface area contributed by atoms with E-state index >= 15 is 0 Å². The number of hydrogen-bond donors (Lipinski definition) is 1. The van der Waals surface area contributed by atoms with Crippen molar-refractivity contribution in [2.24, 2.45) is 5.11 Å². The molecule has 1 aromatic heterocycles. The van der Waals surface area contributed by atoms with Gasteiger partial charge >= 0.3 is 5.69 Å². The molecule has 0 spiro atoms. The van der Waals surface area contributed by atoms with Crippen molar-refractivity contribution in [3.05, 3.63) is 78.9 Å². The molecular formula is C20H25N5O10S2. The van der Waals surface area contributed by atoms with Gasteiger partial charge in [-0.2, -0.15) is 16.8 Å². The molecule has 1 aliphatic heterocycles. The van der Waals surface area contributed by atoms with Crippen LogP contribution in [0.1, 0.15) is 17.4 Å². The zero-order valence-corrected chi connectivity index (χ0v) is 21.6. The molecule has 1 fully saturated rings. The van der Waals surface area contributed by atoms with E-state index in [4.69, 9.17) is 17.8 Å². The zero-order valence-electron chi connectivity index (χ0n) is 20.0. The van der Waals surface area contributed by atoms with E-state index in [0.717, 1.165) is 23.3 Å². The van der Waals surface area contributed by atoms with Crippen LogP contribution in [0.2, 0.25) is 0 Å². The molecule has 0 radical (unpaired) electrons. The molecule has 0 aliphatic carbocycles. The lowest BCUT2D eigenvalue weighted by Gasteiger charge is -2.33. The maximum atomic E-state index is 12.7. The van der Waals surface area contributed by atoms with Crippen molar-refractivity contribution in [1.29, 1.82) is 0 Å². The van der Waals surface area contributed by atoms with Crippen LogP contribution in [-0.2, 0) is 44.7 Å². The monoisotopic (exact) mass is 559 g/mol. The Morgan fingerprint density at radius 3 is 2.24 bits per heavy atom. The second-order valence-corrected chi connectivity index (χ2v) is 11.7. The van der Waals surface area contributed by atoms with Crippen LogP contribution in [0.3, 0.4) is 0 Å². The van der Waals surface area contributed by atoms with Gasteiger partial charge in [0.15, 0.2) is 0 Å². The number of aryl methyl sites for hydroxylation is 1. The molecule has 0 amide bonds.